The Labute approximate surface area is 99.3 Å². The summed E-state index contributed by atoms with van der Waals surface area (Å²) in [6.45, 7) is 1.47. The molecule has 7 heteroatoms. The van der Waals surface area contributed by atoms with Crippen LogP contribution in [0.15, 0.2) is 21.6 Å². The molecule has 0 saturated carbocycles. The van der Waals surface area contributed by atoms with Gasteiger partial charge in [0.1, 0.15) is 12.4 Å². The Hall–Kier alpha value is -0.500. The summed E-state index contributed by atoms with van der Waals surface area (Å²) in [6, 6.07) is 2.61. The molecule has 16 heavy (non-hydrogen) atoms. The fourth-order valence-corrected chi connectivity index (χ4v) is 3.08. The molecule has 0 fully saturated rings. The number of furan rings is 1. The molecule has 0 aliphatic heterocycles. The minimum Gasteiger partial charge on any atom is -0.446 e. The molecule has 2 N–H and O–H groups in total. The number of aliphatic hydroxyl groups excluding tert-OH is 1. The predicted octanol–water partition coefficient (Wildman–Crippen LogP) is 0.802. The quantitative estimate of drug-likeness (QED) is 0.795. The van der Waals surface area contributed by atoms with Gasteiger partial charge >= 0.3 is 0 Å². The third-order valence-corrected chi connectivity index (χ3v) is 4.13. The van der Waals surface area contributed by atoms with Crippen LogP contribution in [0, 0.1) is 0 Å². The highest BCUT2D eigenvalue weighted by molar-refractivity contribution is 7.98. The van der Waals surface area contributed by atoms with Gasteiger partial charge in [0.2, 0.25) is 5.09 Å². The fourth-order valence-electron chi connectivity index (χ4n) is 1.19. The zero-order valence-electron chi connectivity index (χ0n) is 9.13. The summed E-state index contributed by atoms with van der Waals surface area (Å²) >= 11 is 1.56. The Morgan fingerprint density at radius 2 is 2.25 bits per heavy atom. The molecule has 0 aliphatic carbocycles. The van der Waals surface area contributed by atoms with Crippen molar-refractivity contribution in [1.82, 2.24) is 4.72 Å². The lowest BCUT2D eigenvalue weighted by molar-refractivity contribution is 0.236. The Kier molecular flexibility index (Phi) is 4.85. The Balaban J connectivity index is 2.77. The maximum Gasteiger partial charge on any atom is 0.274 e. The van der Waals surface area contributed by atoms with Crippen LogP contribution in [-0.2, 0) is 16.6 Å². The highest BCUT2D eigenvalue weighted by Gasteiger charge is 2.20. The lowest BCUT2D eigenvalue weighted by Gasteiger charge is -2.10. The summed E-state index contributed by atoms with van der Waals surface area (Å²) in [5.41, 5.74) is 0. The van der Waals surface area contributed by atoms with Gasteiger partial charge in [-0.25, -0.2) is 13.1 Å². The van der Waals surface area contributed by atoms with Gasteiger partial charge in [-0.3, -0.25) is 0 Å². The molecule has 92 valence electrons. The first kappa shape index (κ1) is 13.6. The van der Waals surface area contributed by atoms with Crippen molar-refractivity contribution < 1.29 is 17.9 Å². The van der Waals surface area contributed by atoms with E-state index in [1.54, 1.807) is 18.7 Å². The number of hydrogen-bond acceptors (Lipinski definition) is 5. The number of aliphatic hydroxyl groups is 1. The van der Waals surface area contributed by atoms with Gasteiger partial charge in [0.05, 0.1) is 0 Å². The van der Waals surface area contributed by atoms with Gasteiger partial charge in [-0.15, -0.1) is 0 Å². The number of rotatable bonds is 6. The van der Waals surface area contributed by atoms with Crippen LogP contribution < -0.4 is 4.72 Å². The maximum atomic E-state index is 11.8. The van der Waals surface area contributed by atoms with Crippen LogP contribution in [-0.4, -0.2) is 31.6 Å². The zero-order chi connectivity index (χ0) is 12.2. The van der Waals surface area contributed by atoms with Crippen molar-refractivity contribution in [1.29, 1.82) is 0 Å². The largest absolute Gasteiger partial charge is 0.446 e. The van der Waals surface area contributed by atoms with E-state index in [-0.39, 0.29) is 23.5 Å². The van der Waals surface area contributed by atoms with E-state index in [0.717, 1.165) is 0 Å². The van der Waals surface area contributed by atoms with Crippen molar-refractivity contribution in [3.05, 3.63) is 17.9 Å². The van der Waals surface area contributed by atoms with E-state index in [2.05, 4.69) is 4.72 Å². The first-order chi connectivity index (χ1) is 7.49. The summed E-state index contributed by atoms with van der Waals surface area (Å²) in [5, 5.41) is 8.61. The molecule has 0 radical (unpaired) electrons. The molecule has 0 amide bonds. The number of hydrogen-bond donors (Lipinski definition) is 2. The van der Waals surface area contributed by atoms with Crippen molar-refractivity contribution in [3.63, 3.8) is 0 Å². The molecule has 1 unspecified atom stereocenters. The van der Waals surface area contributed by atoms with E-state index in [1.165, 1.54) is 12.1 Å². The normalized spacial score (nSPS) is 13.9. The monoisotopic (exact) mass is 265 g/mol. The molecule has 0 aromatic carbocycles. The zero-order valence-corrected chi connectivity index (χ0v) is 10.8. The van der Waals surface area contributed by atoms with Crippen molar-refractivity contribution in [3.8, 4) is 0 Å². The average Bonchev–Trinajstić information content (AvgIpc) is 2.65. The summed E-state index contributed by atoms with van der Waals surface area (Å²) in [5.74, 6) is 0.921. The van der Waals surface area contributed by atoms with Crippen LogP contribution in [0.2, 0.25) is 0 Å². The van der Waals surface area contributed by atoms with Crippen LogP contribution in [0.3, 0.4) is 0 Å². The molecular weight excluding hydrogens is 250 g/mol. The van der Waals surface area contributed by atoms with Crippen LogP contribution in [0.25, 0.3) is 0 Å². The van der Waals surface area contributed by atoms with E-state index in [9.17, 15) is 8.42 Å². The second-order valence-electron chi connectivity index (χ2n) is 3.36. The molecule has 1 rings (SSSR count). The van der Waals surface area contributed by atoms with Gasteiger partial charge in [-0.05, 0) is 25.3 Å². The lowest BCUT2D eigenvalue weighted by atomic mass is 10.4. The summed E-state index contributed by atoms with van der Waals surface area (Å²) < 4.78 is 31.0. The summed E-state index contributed by atoms with van der Waals surface area (Å²) in [7, 11) is -3.61. The van der Waals surface area contributed by atoms with E-state index in [4.69, 9.17) is 9.52 Å². The van der Waals surface area contributed by atoms with Crippen LogP contribution in [0.4, 0.5) is 0 Å². The molecule has 0 saturated heterocycles. The fraction of sp³-hybridized carbons (Fsp3) is 0.556. The van der Waals surface area contributed by atoms with Gasteiger partial charge in [0.15, 0.2) is 0 Å². The average molecular weight is 265 g/mol. The molecular formula is C9H15NO4S2. The molecule has 1 atom stereocenters. The standard InChI is InChI=1S/C9H15NO4S2/c1-7(6-15-2)10-16(12,13)9-4-3-8(5-11)14-9/h3-4,7,10-11H,5-6H2,1-2H3. The van der Waals surface area contributed by atoms with E-state index in [1.807, 2.05) is 6.26 Å². The molecule has 1 aromatic rings. The highest BCUT2D eigenvalue weighted by atomic mass is 32.2. The van der Waals surface area contributed by atoms with Crippen molar-refractivity contribution in [2.45, 2.75) is 24.7 Å². The van der Waals surface area contributed by atoms with Gasteiger partial charge in [-0.2, -0.15) is 11.8 Å². The number of sulfonamides is 1. The number of thioether (sulfide) groups is 1. The Morgan fingerprint density at radius 3 is 2.75 bits per heavy atom. The van der Waals surface area contributed by atoms with E-state index >= 15 is 0 Å². The smallest absolute Gasteiger partial charge is 0.274 e. The van der Waals surface area contributed by atoms with Gasteiger partial charge in [-0.1, -0.05) is 0 Å². The van der Waals surface area contributed by atoms with Crippen LogP contribution in [0.1, 0.15) is 12.7 Å². The second-order valence-corrected chi connectivity index (χ2v) is 5.91. The van der Waals surface area contributed by atoms with E-state index < -0.39 is 10.0 Å². The first-order valence-electron chi connectivity index (χ1n) is 4.70. The van der Waals surface area contributed by atoms with Gasteiger partial charge < -0.3 is 9.52 Å². The predicted molar refractivity (Wildman–Crippen MR) is 62.8 cm³/mol. The molecule has 0 aliphatic rings. The maximum absolute atomic E-state index is 11.8. The summed E-state index contributed by atoms with van der Waals surface area (Å²) in [4.78, 5) is 0. The molecule has 1 aromatic heterocycles. The van der Waals surface area contributed by atoms with Crippen molar-refractivity contribution in [2.75, 3.05) is 12.0 Å². The molecule has 1 heterocycles. The third-order valence-electron chi connectivity index (χ3n) is 1.83. The Morgan fingerprint density at radius 1 is 1.56 bits per heavy atom. The lowest BCUT2D eigenvalue weighted by Crippen LogP contribution is -2.33. The molecule has 0 bridgehead atoms. The second kappa shape index (κ2) is 5.72. The van der Waals surface area contributed by atoms with E-state index in [0.29, 0.717) is 5.75 Å². The van der Waals surface area contributed by atoms with Gasteiger partial charge in [0, 0.05) is 11.8 Å². The van der Waals surface area contributed by atoms with Crippen molar-refractivity contribution >= 4 is 21.8 Å². The third kappa shape index (κ3) is 3.51. The highest BCUT2D eigenvalue weighted by Crippen LogP contribution is 2.14. The molecule has 0 spiro atoms. The SMILES string of the molecule is CSCC(C)NS(=O)(=O)c1ccc(CO)o1. The Bertz CT molecular complexity index is 426. The topological polar surface area (TPSA) is 79.5 Å². The first-order valence-corrected chi connectivity index (χ1v) is 7.58. The minimum atomic E-state index is -3.61. The van der Waals surface area contributed by atoms with Crippen LogP contribution >= 0.6 is 11.8 Å². The van der Waals surface area contributed by atoms with Crippen LogP contribution in [0.5, 0.6) is 0 Å². The minimum absolute atomic E-state index is 0.162. The summed E-state index contributed by atoms with van der Waals surface area (Å²) in [6.07, 6.45) is 1.90. The van der Waals surface area contributed by atoms with Crippen molar-refractivity contribution in [2.24, 2.45) is 0 Å². The van der Waals surface area contributed by atoms with Gasteiger partial charge in [0.25, 0.3) is 10.0 Å². The number of nitrogens with one attached hydrogen (secondary N) is 1. The molecule has 5 nitrogen and oxygen atoms in total.